The average Bonchev–Trinajstić information content (AvgIpc) is 2.59. The second kappa shape index (κ2) is 4.18. The molecule has 1 aromatic carbocycles. The van der Waals surface area contributed by atoms with Gasteiger partial charge in [-0.05, 0) is 23.8 Å². The fourth-order valence-electron chi connectivity index (χ4n) is 1.52. The summed E-state index contributed by atoms with van der Waals surface area (Å²) < 4.78 is 5.02. The Bertz CT molecular complexity index is 460. The maximum Gasteiger partial charge on any atom is 0.254 e. The monoisotopic (exact) mass is 217 g/mol. The molecule has 0 unspecified atom stereocenters. The van der Waals surface area contributed by atoms with Crippen molar-refractivity contribution in [2.75, 3.05) is 7.11 Å². The zero-order chi connectivity index (χ0) is 11.5. The number of rotatable bonds is 2. The van der Waals surface area contributed by atoms with Crippen LogP contribution in [0, 0.1) is 0 Å². The Morgan fingerprint density at radius 1 is 1.25 bits per heavy atom. The van der Waals surface area contributed by atoms with Crippen LogP contribution in [0.5, 0.6) is 5.75 Å². The van der Waals surface area contributed by atoms with Crippen molar-refractivity contribution < 1.29 is 14.3 Å². The normalized spacial score (nSPS) is 17.7. The lowest BCUT2D eigenvalue weighted by Gasteiger charge is -1.99. The summed E-state index contributed by atoms with van der Waals surface area (Å²) in [6.07, 6.45) is 1.87. The van der Waals surface area contributed by atoms with Crippen LogP contribution in [0.15, 0.2) is 29.8 Å². The van der Waals surface area contributed by atoms with E-state index < -0.39 is 0 Å². The molecule has 2 rings (SSSR count). The molecule has 0 aliphatic carbocycles. The van der Waals surface area contributed by atoms with Crippen molar-refractivity contribution in [2.45, 2.75) is 6.42 Å². The van der Waals surface area contributed by atoms with Crippen LogP contribution in [0.2, 0.25) is 0 Å². The zero-order valence-corrected chi connectivity index (χ0v) is 8.82. The molecule has 2 amide bonds. The van der Waals surface area contributed by atoms with Gasteiger partial charge in [-0.15, -0.1) is 0 Å². The molecule has 1 aliphatic heterocycles. The van der Waals surface area contributed by atoms with E-state index in [2.05, 4.69) is 5.32 Å². The fourth-order valence-corrected chi connectivity index (χ4v) is 1.52. The summed E-state index contributed by atoms with van der Waals surface area (Å²) in [4.78, 5) is 22.2. The van der Waals surface area contributed by atoms with E-state index in [1.165, 1.54) is 0 Å². The Morgan fingerprint density at radius 2 is 1.94 bits per heavy atom. The van der Waals surface area contributed by atoms with E-state index in [1.54, 1.807) is 25.3 Å². The smallest absolute Gasteiger partial charge is 0.254 e. The van der Waals surface area contributed by atoms with E-state index in [0.717, 1.165) is 11.3 Å². The molecular weight excluding hydrogens is 206 g/mol. The second-order valence-corrected chi connectivity index (χ2v) is 3.50. The van der Waals surface area contributed by atoms with Crippen LogP contribution in [0.4, 0.5) is 0 Å². The first-order valence-electron chi connectivity index (χ1n) is 4.88. The minimum atomic E-state index is -0.305. The van der Waals surface area contributed by atoms with Crippen LogP contribution < -0.4 is 10.1 Å². The molecule has 0 radical (unpaired) electrons. The molecule has 1 saturated heterocycles. The molecular formula is C12H11NO3. The number of benzene rings is 1. The Morgan fingerprint density at radius 3 is 2.44 bits per heavy atom. The van der Waals surface area contributed by atoms with E-state index >= 15 is 0 Å². The summed E-state index contributed by atoms with van der Waals surface area (Å²) >= 11 is 0. The molecule has 4 nitrogen and oxygen atoms in total. The van der Waals surface area contributed by atoms with Gasteiger partial charge in [-0.1, -0.05) is 12.1 Å². The molecule has 0 spiro atoms. The molecule has 1 aliphatic rings. The summed E-state index contributed by atoms with van der Waals surface area (Å²) in [5.41, 5.74) is 1.37. The number of hydrogen-bond donors (Lipinski definition) is 1. The number of hydrogen-bond acceptors (Lipinski definition) is 3. The molecule has 0 bridgehead atoms. The lowest BCUT2D eigenvalue weighted by Crippen LogP contribution is -2.19. The molecule has 1 heterocycles. The first-order valence-corrected chi connectivity index (χ1v) is 4.88. The fraction of sp³-hybridized carbons (Fsp3) is 0.167. The van der Waals surface area contributed by atoms with Gasteiger partial charge in [0, 0.05) is 5.57 Å². The van der Waals surface area contributed by atoms with Gasteiger partial charge in [0.1, 0.15) is 5.75 Å². The highest BCUT2D eigenvalue weighted by Crippen LogP contribution is 2.17. The van der Waals surface area contributed by atoms with Crippen LogP contribution in [0.3, 0.4) is 0 Å². The van der Waals surface area contributed by atoms with Crippen molar-refractivity contribution in [3.05, 3.63) is 35.4 Å². The summed E-state index contributed by atoms with van der Waals surface area (Å²) in [5.74, 6) is 0.208. The zero-order valence-electron chi connectivity index (χ0n) is 8.82. The summed E-state index contributed by atoms with van der Waals surface area (Å²) in [7, 11) is 1.59. The van der Waals surface area contributed by atoms with Crippen molar-refractivity contribution in [1.29, 1.82) is 0 Å². The molecule has 1 fully saturated rings. The van der Waals surface area contributed by atoms with Crippen molar-refractivity contribution in [3.8, 4) is 5.75 Å². The lowest BCUT2D eigenvalue weighted by atomic mass is 10.1. The predicted octanol–water partition coefficient (Wildman–Crippen LogP) is 1.13. The van der Waals surface area contributed by atoms with Gasteiger partial charge in [-0.2, -0.15) is 0 Å². The Hall–Kier alpha value is -2.10. The lowest BCUT2D eigenvalue weighted by molar-refractivity contribution is -0.124. The van der Waals surface area contributed by atoms with E-state index in [0.29, 0.717) is 5.57 Å². The van der Waals surface area contributed by atoms with Gasteiger partial charge in [0.2, 0.25) is 5.91 Å². The molecule has 4 heteroatoms. The summed E-state index contributed by atoms with van der Waals surface area (Å²) in [6.45, 7) is 0. The molecule has 16 heavy (non-hydrogen) atoms. The molecule has 0 saturated carbocycles. The van der Waals surface area contributed by atoms with Gasteiger partial charge in [-0.25, -0.2) is 0 Å². The third-order valence-electron chi connectivity index (χ3n) is 2.35. The van der Waals surface area contributed by atoms with Gasteiger partial charge >= 0.3 is 0 Å². The Kier molecular flexibility index (Phi) is 2.72. The summed E-state index contributed by atoms with van der Waals surface area (Å²) in [5, 5.41) is 2.24. The van der Waals surface area contributed by atoms with Crippen molar-refractivity contribution in [2.24, 2.45) is 0 Å². The number of carbonyl (C=O) groups is 2. The van der Waals surface area contributed by atoms with Crippen molar-refractivity contribution in [3.63, 3.8) is 0 Å². The van der Waals surface area contributed by atoms with Gasteiger partial charge in [0.25, 0.3) is 5.91 Å². The Labute approximate surface area is 92.9 Å². The van der Waals surface area contributed by atoms with Crippen molar-refractivity contribution >= 4 is 17.9 Å². The average molecular weight is 217 g/mol. The summed E-state index contributed by atoms with van der Waals surface area (Å²) in [6, 6.07) is 7.28. The first-order chi connectivity index (χ1) is 7.69. The number of nitrogens with one attached hydrogen (secondary N) is 1. The third-order valence-corrected chi connectivity index (χ3v) is 2.35. The van der Waals surface area contributed by atoms with E-state index in [1.807, 2.05) is 12.1 Å². The number of methoxy groups -OCH3 is 1. The largest absolute Gasteiger partial charge is 0.497 e. The standard InChI is InChI=1S/C12H11NO3/c1-16-10-4-2-8(3-5-10)6-9-7-11(14)13-12(9)15/h2-6H,7H2,1H3,(H,13,14,15). The van der Waals surface area contributed by atoms with Crippen LogP contribution >= 0.6 is 0 Å². The topological polar surface area (TPSA) is 55.4 Å². The van der Waals surface area contributed by atoms with Crippen LogP contribution in [0.1, 0.15) is 12.0 Å². The Balaban J connectivity index is 2.22. The number of amides is 2. The highest BCUT2D eigenvalue weighted by atomic mass is 16.5. The van der Waals surface area contributed by atoms with Crippen LogP contribution in [-0.4, -0.2) is 18.9 Å². The molecule has 1 N–H and O–H groups in total. The van der Waals surface area contributed by atoms with Gasteiger partial charge in [0.15, 0.2) is 0 Å². The highest BCUT2D eigenvalue weighted by Gasteiger charge is 2.23. The quantitative estimate of drug-likeness (QED) is 0.596. The third kappa shape index (κ3) is 2.11. The minimum absolute atomic E-state index is 0.158. The van der Waals surface area contributed by atoms with Crippen LogP contribution in [-0.2, 0) is 9.59 Å². The predicted molar refractivity (Wildman–Crippen MR) is 58.7 cm³/mol. The van der Waals surface area contributed by atoms with Gasteiger partial charge in [0.05, 0.1) is 13.5 Å². The molecule has 0 aromatic heterocycles. The highest BCUT2D eigenvalue weighted by molar-refractivity contribution is 6.15. The van der Waals surface area contributed by atoms with E-state index in [-0.39, 0.29) is 18.2 Å². The minimum Gasteiger partial charge on any atom is -0.497 e. The SMILES string of the molecule is COc1ccc(C=C2CC(=O)NC2=O)cc1. The van der Waals surface area contributed by atoms with Crippen LogP contribution in [0.25, 0.3) is 6.08 Å². The molecule has 0 atom stereocenters. The first kappa shape index (κ1) is 10.4. The number of ether oxygens (including phenoxy) is 1. The van der Waals surface area contributed by atoms with Gasteiger partial charge < -0.3 is 4.74 Å². The van der Waals surface area contributed by atoms with Gasteiger partial charge in [-0.3, -0.25) is 14.9 Å². The van der Waals surface area contributed by atoms with E-state index in [9.17, 15) is 9.59 Å². The molecule has 82 valence electrons. The maximum absolute atomic E-state index is 11.3. The number of carbonyl (C=O) groups excluding carboxylic acids is 2. The van der Waals surface area contributed by atoms with E-state index in [4.69, 9.17) is 4.74 Å². The molecule has 1 aromatic rings. The number of imide groups is 1. The van der Waals surface area contributed by atoms with Crippen molar-refractivity contribution in [1.82, 2.24) is 5.32 Å². The second-order valence-electron chi connectivity index (χ2n) is 3.50. The maximum atomic E-state index is 11.3.